The van der Waals surface area contributed by atoms with Crippen LogP contribution < -0.4 is 10.2 Å². The maximum atomic E-state index is 13.4. The van der Waals surface area contributed by atoms with E-state index in [9.17, 15) is 10.1 Å². The van der Waals surface area contributed by atoms with Crippen LogP contribution in [0.25, 0.3) is 16.4 Å². The number of hydrogen-bond donors (Lipinski definition) is 1. The van der Waals surface area contributed by atoms with Gasteiger partial charge in [-0.05, 0) is 54.6 Å². The lowest BCUT2D eigenvalue weighted by molar-refractivity contribution is 0.104. The third-order valence-electron chi connectivity index (χ3n) is 5.58. The molecule has 4 aromatic rings. The van der Waals surface area contributed by atoms with Gasteiger partial charge < -0.3 is 14.6 Å². The van der Waals surface area contributed by atoms with E-state index in [2.05, 4.69) is 16.3 Å². The van der Waals surface area contributed by atoms with Gasteiger partial charge in [0.1, 0.15) is 0 Å². The molecule has 0 bridgehead atoms. The predicted molar refractivity (Wildman–Crippen MR) is 115 cm³/mol. The van der Waals surface area contributed by atoms with Crippen molar-refractivity contribution in [2.24, 2.45) is 0 Å². The molecule has 3 heterocycles. The molecule has 0 saturated carbocycles. The maximum Gasteiger partial charge on any atom is 0.195 e. The minimum atomic E-state index is -0.0693. The molecular formula is C24H20N4O. The highest BCUT2D eigenvalue weighted by Gasteiger charge is 2.17. The van der Waals surface area contributed by atoms with Gasteiger partial charge >= 0.3 is 0 Å². The van der Waals surface area contributed by atoms with Crippen molar-refractivity contribution in [1.82, 2.24) is 9.72 Å². The zero-order valence-corrected chi connectivity index (χ0v) is 15.9. The Labute approximate surface area is 168 Å². The molecule has 0 unspecified atom stereocenters. The largest absolute Gasteiger partial charge is 0.369 e. The van der Waals surface area contributed by atoms with Crippen molar-refractivity contribution in [3.05, 3.63) is 83.6 Å². The SMILES string of the molecule is N#Cc1cc(C(=O)c2ccc(N3CCNCC3)cc2)c2c(ccc3cccn32)c1. The van der Waals surface area contributed by atoms with Crippen molar-refractivity contribution in [1.29, 1.82) is 5.26 Å². The predicted octanol–water partition coefficient (Wildman–Crippen LogP) is 3.60. The highest BCUT2D eigenvalue weighted by atomic mass is 16.1. The topological polar surface area (TPSA) is 60.5 Å². The fourth-order valence-electron chi connectivity index (χ4n) is 4.10. The first-order chi connectivity index (χ1) is 14.2. The number of rotatable bonds is 3. The lowest BCUT2D eigenvalue weighted by Gasteiger charge is -2.29. The number of ketones is 1. The summed E-state index contributed by atoms with van der Waals surface area (Å²) in [6.45, 7) is 3.88. The monoisotopic (exact) mass is 380 g/mol. The van der Waals surface area contributed by atoms with Gasteiger partial charge in [-0.3, -0.25) is 4.79 Å². The summed E-state index contributed by atoms with van der Waals surface area (Å²) in [5, 5.41) is 13.7. The molecular weight excluding hydrogens is 360 g/mol. The molecule has 2 aromatic heterocycles. The number of hydrogen-bond acceptors (Lipinski definition) is 4. The molecule has 0 spiro atoms. The van der Waals surface area contributed by atoms with Crippen LogP contribution in [-0.4, -0.2) is 36.4 Å². The van der Waals surface area contributed by atoms with Crippen molar-refractivity contribution in [3.8, 4) is 6.07 Å². The third-order valence-corrected chi connectivity index (χ3v) is 5.58. The summed E-state index contributed by atoms with van der Waals surface area (Å²) in [6.07, 6.45) is 1.95. The van der Waals surface area contributed by atoms with Crippen LogP contribution in [0.4, 0.5) is 5.69 Å². The van der Waals surface area contributed by atoms with Gasteiger partial charge in [0.15, 0.2) is 5.78 Å². The molecule has 142 valence electrons. The molecule has 29 heavy (non-hydrogen) atoms. The number of carbonyl (C=O) groups is 1. The number of fused-ring (bicyclic) bond motifs is 3. The molecule has 1 aliphatic rings. The van der Waals surface area contributed by atoms with Gasteiger partial charge in [0, 0.05) is 60.1 Å². The Balaban J connectivity index is 1.60. The quantitative estimate of drug-likeness (QED) is 0.552. The van der Waals surface area contributed by atoms with Crippen LogP contribution in [0.15, 0.2) is 66.9 Å². The second kappa shape index (κ2) is 7.08. The summed E-state index contributed by atoms with van der Waals surface area (Å²) in [7, 11) is 0. The Bertz CT molecular complexity index is 1260. The number of nitrogens with zero attached hydrogens (tertiary/aromatic N) is 3. The van der Waals surface area contributed by atoms with E-state index in [0.29, 0.717) is 16.7 Å². The van der Waals surface area contributed by atoms with Crippen LogP contribution in [0.5, 0.6) is 0 Å². The molecule has 5 rings (SSSR count). The van der Waals surface area contributed by atoms with Crippen molar-refractivity contribution >= 4 is 27.9 Å². The molecule has 2 aromatic carbocycles. The van der Waals surface area contributed by atoms with E-state index in [1.165, 1.54) is 0 Å². The maximum absolute atomic E-state index is 13.4. The average molecular weight is 380 g/mol. The summed E-state index contributed by atoms with van der Waals surface area (Å²) in [4.78, 5) is 15.8. The van der Waals surface area contributed by atoms with E-state index >= 15 is 0 Å². The lowest BCUT2D eigenvalue weighted by atomic mass is 9.97. The van der Waals surface area contributed by atoms with Gasteiger partial charge in [0.25, 0.3) is 0 Å². The van der Waals surface area contributed by atoms with Crippen LogP contribution in [0.1, 0.15) is 21.5 Å². The molecule has 1 N–H and O–H groups in total. The Morgan fingerprint density at radius 2 is 1.79 bits per heavy atom. The molecule has 0 radical (unpaired) electrons. The molecule has 0 atom stereocenters. The van der Waals surface area contributed by atoms with E-state index < -0.39 is 0 Å². The van der Waals surface area contributed by atoms with Crippen LogP contribution in [0, 0.1) is 11.3 Å². The molecule has 1 aliphatic heterocycles. The van der Waals surface area contributed by atoms with Gasteiger partial charge in [-0.15, -0.1) is 0 Å². The highest BCUT2D eigenvalue weighted by molar-refractivity contribution is 6.16. The third kappa shape index (κ3) is 3.04. The van der Waals surface area contributed by atoms with Crippen molar-refractivity contribution in [2.45, 2.75) is 0 Å². The van der Waals surface area contributed by atoms with E-state index in [-0.39, 0.29) is 5.78 Å². The number of nitrogens with one attached hydrogen (secondary N) is 1. The molecule has 1 saturated heterocycles. The number of aromatic nitrogens is 1. The minimum Gasteiger partial charge on any atom is -0.369 e. The van der Waals surface area contributed by atoms with Crippen molar-refractivity contribution < 1.29 is 4.79 Å². The van der Waals surface area contributed by atoms with Crippen LogP contribution >= 0.6 is 0 Å². The number of piperazine rings is 1. The first-order valence-electron chi connectivity index (χ1n) is 9.79. The molecule has 5 heteroatoms. The minimum absolute atomic E-state index is 0.0693. The zero-order valence-electron chi connectivity index (χ0n) is 15.9. The fraction of sp³-hybridized carbons (Fsp3) is 0.167. The highest BCUT2D eigenvalue weighted by Crippen LogP contribution is 2.26. The molecule has 0 amide bonds. The van der Waals surface area contributed by atoms with Gasteiger partial charge in [0.05, 0.1) is 17.1 Å². The Kier molecular flexibility index (Phi) is 4.27. The first-order valence-corrected chi connectivity index (χ1v) is 9.79. The van der Waals surface area contributed by atoms with Crippen molar-refractivity contribution in [2.75, 3.05) is 31.1 Å². The Hall–Kier alpha value is -3.62. The van der Waals surface area contributed by atoms with Gasteiger partial charge in [0.2, 0.25) is 0 Å². The zero-order chi connectivity index (χ0) is 19.8. The number of pyridine rings is 1. The lowest BCUT2D eigenvalue weighted by Crippen LogP contribution is -2.43. The normalized spacial score (nSPS) is 14.2. The van der Waals surface area contributed by atoms with E-state index in [1.807, 2.05) is 65.2 Å². The van der Waals surface area contributed by atoms with E-state index in [1.54, 1.807) is 6.07 Å². The smallest absolute Gasteiger partial charge is 0.195 e. The van der Waals surface area contributed by atoms with Gasteiger partial charge in [-0.2, -0.15) is 5.26 Å². The summed E-state index contributed by atoms with van der Waals surface area (Å²) in [5.74, 6) is -0.0693. The molecule has 5 nitrogen and oxygen atoms in total. The van der Waals surface area contributed by atoms with E-state index in [0.717, 1.165) is 48.3 Å². The summed E-state index contributed by atoms with van der Waals surface area (Å²) >= 11 is 0. The molecule has 0 aliphatic carbocycles. The van der Waals surface area contributed by atoms with Crippen molar-refractivity contribution in [3.63, 3.8) is 0 Å². The Morgan fingerprint density at radius 1 is 1.00 bits per heavy atom. The average Bonchev–Trinajstić information content (AvgIpc) is 3.27. The molecule has 1 fully saturated rings. The van der Waals surface area contributed by atoms with Gasteiger partial charge in [-0.25, -0.2) is 0 Å². The first kappa shape index (κ1) is 17.5. The fourth-order valence-corrected chi connectivity index (χ4v) is 4.10. The number of benzene rings is 2. The second-order valence-electron chi connectivity index (χ2n) is 7.32. The second-order valence-corrected chi connectivity index (χ2v) is 7.32. The van der Waals surface area contributed by atoms with Gasteiger partial charge in [-0.1, -0.05) is 6.07 Å². The Morgan fingerprint density at radius 3 is 2.55 bits per heavy atom. The number of nitriles is 1. The number of anilines is 1. The van der Waals surface area contributed by atoms with E-state index in [4.69, 9.17) is 0 Å². The standard InChI is InChI=1S/C24H20N4O/c25-16-17-14-19-5-8-21-2-1-11-28(21)23(19)22(15-17)24(29)18-3-6-20(7-4-18)27-12-9-26-10-13-27/h1-8,11,14-15,26H,9-10,12-13H2. The van der Waals surface area contributed by atoms with Crippen LogP contribution in [-0.2, 0) is 0 Å². The summed E-state index contributed by atoms with van der Waals surface area (Å²) in [5.41, 5.74) is 4.66. The summed E-state index contributed by atoms with van der Waals surface area (Å²) in [6, 6.07) is 21.5. The summed E-state index contributed by atoms with van der Waals surface area (Å²) < 4.78 is 2.01. The van der Waals surface area contributed by atoms with Crippen LogP contribution in [0.3, 0.4) is 0 Å². The van der Waals surface area contributed by atoms with Crippen LogP contribution in [0.2, 0.25) is 0 Å². The number of carbonyl (C=O) groups excluding carboxylic acids is 1.